The fourth-order valence-electron chi connectivity index (χ4n) is 3.19. The Morgan fingerprint density at radius 3 is 2.73 bits per heavy atom. The molecule has 4 rings (SSSR count). The first-order chi connectivity index (χ1) is 12.5. The van der Waals surface area contributed by atoms with Crippen LogP contribution >= 0.6 is 0 Å². The van der Waals surface area contributed by atoms with Crippen molar-refractivity contribution >= 4 is 27.3 Å². The smallest absolute Gasteiger partial charge is 0.299 e. The molecule has 1 aliphatic heterocycles. The van der Waals surface area contributed by atoms with Gasteiger partial charge in [0, 0.05) is 32.4 Å². The number of hydrogen-bond donors (Lipinski definition) is 0. The van der Waals surface area contributed by atoms with Gasteiger partial charge < -0.3 is 13.8 Å². The van der Waals surface area contributed by atoms with Gasteiger partial charge in [-0.1, -0.05) is 5.16 Å². The third-order valence-corrected chi connectivity index (χ3v) is 6.59. The van der Waals surface area contributed by atoms with E-state index in [-0.39, 0.29) is 4.90 Å². The lowest BCUT2D eigenvalue weighted by atomic mass is 10.4. The van der Waals surface area contributed by atoms with Crippen LogP contribution in [0.15, 0.2) is 32.2 Å². The van der Waals surface area contributed by atoms with Crippen LogP contribution in [0, 0.1) is 13.8 Å². The van der Waals surface area contributed by atoms with E-state index in [0.717, 1.165) is 0 Å². The first-order valence-corrected chi connectivity index (χ1v) is 9.80. The van der Waals surface area contributed by atoms with Gasteiger partial charge in [0.15, 0.2) is 11.3 Å². The molecule has 0 N–H and O–H groups in total. The van der Waals surface area contributed by atoms with Gasteiger partial charge in [0.25, 0.3) is 6.01 Å². The highest BCUT2D eigenvalue weighted by atomic mass is 32.2. The van der Waals surface area contributed by atoms with Gasteiger partial charge in [-0.2, -0.15) is 9.29 Å². The highest BCUT2D eigenvalue weighted by molar-refractivity contribution is 7.89. The van der Waals surface area contributed by atoms with Crippen LogP contribution < -0.4 is 4.90 Å². The standard InChI is InChI=1S/C16H19N5O4S/c1-11-14(12(2)25-19-11)26(22,23)21-8-4-7-20(9-10-21)16-18-15-13(24-16)5-3-6-17-15/h3,5-6H,4,7-10H2,1-2H3. The number of pyridine rings is 1. The number of aromatic nitrogens is 3. The van der Waals surface area contributed by atoms with E-state index >= 15 is 0 Å². The molecule has 1 fully saturated rings. The normalized spacial score (nSPS) is 16.9. The zero-order chi connectivity index (χ0) is 18.3. The highest BCUT2D eigenvalue weighted by Crippen LogP contribution is 2.26. The maximum absolute atomic E-state index is 13.0. The molecule has 3 aromatic heterocycles. The lowest BCUT2D eigenvalue weighted by Crippen LogP contribution is -2.35. The Hall–Kier alpha value is -2.46. The zero-order valence-electron chi connectivity index (χ0n) is 14.5. The van der Waals surface area contributed by atoms with Gasteiger partial charge in [0.1, 0.15) is 10.6 Å². The van der Waals surface area contributed by atoms with Crippen molar-refractivity contribution in [3.8, 4) is 0 Å². The van der Waals surface area contributed by atoms with Crippen LogP contribution in [0.25, 0.3) is 11.2 Å². The molecule has 0 aromatic carbocycles. The molecule has 0 radical (unpaired) electrons. The molecule has 0 aliphatic carbocycles. The summed E-state index contributed by atoms with van der Waals surface area (Å²) in [5.41, 5.74) is 1.55. The third kappa shape index (κ3) is 2.84. The number of rotatable bonds is 3. The predicted molar refractivity (Wildman–Crippen MR) is 93.4 cm³/mol. The van der Waals surface area contributed by atoms with Gasteiger partial charge in [0.2, 0.25) is 15.7 Å². The molecular weight excluding hydrogens is 358 g/mol. The molecule has 0 atom stereocenters. The van der Waals surface area contributed by atoms with Gasteiger partial charge >= 0.3 is 0 Å². The van der Waals surface area contributed by atoms with Crippen LogP contribution in [0.4, 0.5) is 6.01 Å². The van der Waals surface area contributed by atoms with Crippen molar-refractivity contribution in [2.45, 2.75) is 25.2 Å². The molecule has 0 amide bonds. The number of anilines is 1. The summed E-state index contributed by atoms with van der Waals surface area (Å²) in [7, 11) is -3.65. The first-order valence-electron chi connectivity index (χ1n) is 8.36. The van der Waals surface area contributed by atoms with Crippen LogP contribution in [0.2, 0.25) is 0 Å². The van der Waals surface area contributed by atoms with Crippen molar-refractivity contribution in [2.24, 2.45) is 0 Å². The van der Waals surface area contributed by atoms with Crippen molar-refractivity contribution in [1.82, 2.24) is 19.4 Å². The molecule has 1 aliphatic rings. The summed E-state index contributed by atoms with van der Waals surface area (Å²) in [6.45, 7) is 5.14. The van der Waals surface area contributed by atoms with Gasteiger partial charge in [-0.25, -0.2) is 13.4 Å². The van der Waals surface area contributed by atoms with Crippen molar-refractivity contribution in [1.29, 1.82) is 0 Å². The highest BCUT2D eigenvalue weighted by Gasteiger charge is 2.32. The number of aryl methyl sites for hydroxylation is 2. The number of sulfonamides is 1. The van der Waals surface area contributed by atoms with Gasteiger partial charge in [-0.15, -0.1) is 0 Å². The minimum atomic E-state index is -3.65. The second-order valence-electron chi connectivity index (χ2n) is 6.22. The molecule has 0 unspecified atom stereocenters. The summed E-state index contributed by atoms with van der Waals surface area (Å²) in [6, 6.07) is 4.07. The van der Waals surface area contributed by atoms with Crippen molar-refractivity contribution in [3.05, 3.63) is 29.8 Å². The molecule has 0 saturated carbocycles. The molecule has 10 heteroatoms. The van der Waals surface area contributed by atoms with Crippen LogP contribution in [-0.2, 0) is 10.0 Å². The summed E-state index contributed by atoms with van der Waals surface area (Å²) in [5.74, 6) is 0.314. The van der Waals surface area contributed by atoms with Gasteiger partial charge in [0.05, 0.1) is 0 Å². The summed E-state index contributed by atoms with van der Waals surface area (Å²) >= 11 is 0. The number of hydrogen-bond acceptors (Lipinski definition) is 8. The number of fused-ring (bicyclic) bond motifs is 1. The fourth-order valence-corrected chi connectivity index (χ4v) is 4.95. The Bertz CT molecular complexity index is 990. The Morgan fingerprint density at radius 1 is 1.15 bits per heavy atom. The maximum Gasteiger partial charge on any atom is 0.299 e. The minimum Gasteiger partial charge on any atom is -0.422 e. The summed E-state index contributed by atoms with van der Waals surface area (Å²) in [4.78, 5) is 10.7. The summed E-state index contributed by atoms with van der Waals surface area (Å²) < 4.78 is 38.2. The largest absolute Gasteiger partial charge is 0.422 e. The van der Waals surface area contributed by atoms with Crippen LogP contribution in [0.3, 0.4) is 0 Å². The summed E-state index contributed by atoms with van der Waals surface area (Å²) in [5, 5.41) is 3.76. The van der Waals surface area contributed by atoms with Crippen LogP contribution in [0.1, 0.15) is 17.9 Å². The second kappa shape index (κ2) is 6.36. The average molecular weight is 377 g/mol. The second-order valence-corrected chi connectivity index (χ2v) is 8.09. The minimum absolute atomic E-state index is 0.164. The third-order valence-electron chi connectivity index (χ3n) is 4.44. The van der Waals surface area contributed by atoms with E-state index < -0.39 is 10.0 Å². The molecular formula is C16H19N5O4S. The van der Waals surface area contributed by atoms with Crippen molar-refractivity contribution < 1.29 is 17.4 Å². The number of nitrogens with zero attached hydrogens (tertiary/aromatic N) is 5. The molecule has 26 heavy (non-hydrogen) atoms. The van der Waals surface area contributed by atoms with E-state index in [1.165, 1.54) is 4.31 Å². The van der Waals surface area contributed by atoms with Crippen molar-refractivity contribution in [3.63, 3.8) is 0 Å². The van der Waals surface area contributed by atoms with E-state index in [4.69, 9.17) is 8.94 Å². The van der Waals surface area contributed by atoms with E-state index in [1.54, 1.807) is 26.1 Å². The Balaban J connectivity index is 1.56. The fraction of sp³-hybridized carbons (Fsp3) is 0.438. The number of oxazole rings is 1. The monoisotopic (exact) mass is 377 g/mol. The Morgan fingerprint density at radius 2 is 2.00 bits per heavy atom. The van der Waals surface area contributed by atoms with E-state index in [0.29, 0.717) is 61.3 Å². The topological polar surface area (TPSA) is 106 Å². The SMILES string of the molecule is Cc1noc(C)c1S(=O)(=O)N1CCCN(c2nc3ncccc3o2)CC1. The van der Waals surface area contributed by atoms with E-state index in [9.17, 15) is 8.42 Å². The molecule has 3 aromatic rings. The maximum atomic E-state index is 13.0. The van der Waals surface area contributed by atoms with Gasteiger partial charge in [-0.3, -0.25) is 0 Å². The first kappa shape index (κ1) is 17.0. The lowest BCUT2D eigenvalue weighted by Gasteiger charge is -2.20. The Labute approximate surface area is 150 Å². The quantitative estimate of drug-likeness (QED) is 0.679. The van der Waals surface area contributed by atoms with E-state index in [2.05, 4.69) is 15.1 Å². The average Bonchev–Trinajstić information content (AvgIpc) is 3.08. The van der Waals surface area contributed by atoms with E-state index in [1.807, 2.05) is 11.0 Å². The predicted octanol–water partition coefficient (Wildman–Crippen LogP) is 1.73. The molecule has 4 heterocycles. The summed E-state index contributed by atoms with van der Waals surface area (Å²) in [6.07, 6.45) is 2.32. The Kier molecular flexibility index (Phi) is 4.16. The molecule has 9 nitrogen and oxygen atoms in total. The van der Waals surface area contributed by atoms with Crippen LogP contribution in [-0.4, -0.2) is 54.0 Å². The molecule has 0 spiro atoms. The molecule has 0 bridgehead atoms. The van der Waals surface area contributed by atoms with Crippen LogP contribution in [0.5, 0.6) is 0 Å². The molecule has 1 saturated heterocycles. The zero-order valence-corrected chi connectivity index (χ0v) is 15.4. The van der Waals surface area contributed by atoms with Crippen molar-refractivity contribution in [2.75, 3.05) is 31.1 Å². The lowest BCUT2D eigenvalue weighted by molar-refractivity contribution is 0.389. The molecule has 138 valence electrons. The van der Waals surface area contributed by atoms with Gasteiger partial charge in [-0.05, 0) is 32.4 Å².